The number of ether oxygens (including phenoxy) is 2. The molecule has 1 aromatic heterocycles. The fraction of sp³-hybridized carbons (Fsp3) is 0.533. The Kier molecular flexibility index (Phi) is 9.57. The fourth-order valence-corrected chi connectivity index (χ4v) is 4.58. The summed E-state index contributed by atoms with van der Waals surface area (Å²) in [5, 5.41) is 2.83. The number of hydrogen-bond acceptors (Lipinski definition) is 8. The number of carbonyl (C=O) groups excluding carboxylic acids is 4. The van der Waals surface area contributed by atoms with E-state index >= 15 is 0 Å². The van der Waals surface area contributed by atoms with E-state index in [9.17, 15) is 19.2 Å². The Morgan fingerprint density at radius 1 is 1.00 bits per heavy atom. The minimum absolute atomic E-state index is 0.0525. The maximum atomic E-state index is 13.6. The summed E-state index contributed by atoms with van der Waals surface area (Å²) in [5.41, 5.74) is 1.09. The van der Waals surface area contributed by atoms with Gasteiger partial charge in [0, 0.05) is 49.8 Å². The van der Waals surface area contributed by atoms with E-state index in [2.05, 4.69) is 10.3 Å². The van der Waals surface area contributed by atoms with Crippen LogP contribution in [0.5, 0.6) is 0 Å². The topological polar surface area (TPSA) is 131 Å². The molecule has 11 nitrogen and oxygen atoms in total. The van der Waals surface area contributed by atoms with E-state index in [4.69, 9.17) is 14.5 Å². The van der Waals surface area contributed by atoms with E-state index < -0.39 is 29.6 Å². The normalized spacial score (nSPS) is 16.1. The van der Waals surface area contributed by atoms with E-state index in [-0.39, 0.29) is 50.1 Å². The van der Waals surface area contributed by atoms with Crippen LogP contribution in [0, 0.1) is 0 Å². The first kappa shape index (κ1) is 30.0. The van der Waals surface area contributed by atoms with Crippen molar-refractivity contribution in [2.45, 2.75) is 70.9 Å². The molecule has 3 amide bonds. The van der Waals surface area contributed by atoms with E-state index in [1.165, 1.54) is 0 Å². The molecule has 1 aliphatic carbocycles. The van der Waals surface area contributed by atoms with E-state index in [0.29, 0.717) is 18.9 Å². The quantitative estimate of drug-likeness (QED) is 0.457. The minimum atomic E-state index is -0.983. The molecule has 4 rings (SSSR count). The van der Waals surface area contributed by atoms with Crippen molar-refractivity contribution in [1.82, 2.24) is 25.1 Å². The largest absolute Gasteiger partial charge is 0.460 e. The maximum absolute atomic E-state index is 13.6. The molecule has 0 radical (unpaired) electrons. The van der Waals surface area contributed by atoms with Gasteiger partial charge in [0.1, 0.15) is 17.3 Å². The molecule has 0 bridgehead atoms. The molecule has 220 valence electrons. The van der Waals surface area contributed by atoms with Gasteiger partial charge in [-0.15, -0.1) is 0 Å². The average Bonchev–Trinajstić information content (AvgIpc) is 3.80. The number of piperazine rings is 1. The van der Waals surface area contributed by atoms with Crippen LogP contribution >= 0.6 is 0 Å². The van der Waals surface area contributed by atoms with Crippen LogP contribution in [0.4, 0.5) is 4.79 Å². The molecule has 0 spiro atoms. The summed E-state index contributed by atoms with van der Waals surface area (Å²) in [6, 6.07) is 10.1. The second-order valence-corrected chi connectivity index (χ2v) is 11.3. The lowest BCUT2D eigenvalue weighted by Crippen LogP contribution is -2.56. The van der Waals surface area contributed by atoms with Crippen molar-refractivity contribution < 1.29 is 28.7 Å². The molecular formula is C30H39N5O6. The summed E-state index contributed by atoms with van der Waals surface area (Å²) in [7, 11) is 0. The first-order valence-corrected chi connectivity index (χ1v) is 14.2. The highest BCUT2D eigenvalue weighted by atomic mass is 16.6. The van der Waals surface area contributed by atoms with Crippen molar-refractivity contribution in [3.8, 4) is 11.4 Å². The van der Waals surface area contributed by atoms with Gasteiger partial charge < -0.3 is 24.6 Å². The van der Waals surface area contributed by atoms with Crippen LogP contribution in [-0.4, -0.2) is 88.1 Å². The maximum Gasteiger partial charge on any atom is 0.409 e. The molecule has 2 heterocycles. The first-order chi connectivity index (χ1) is 19.5. The van der Waals surface area contributed by atoms with Crippen LogP contribution < -0.4 is 5.32 Å². The Labute approximate surface area is 240 Å². The van der Waals surface area contributed by atoms with Crippen LogP contribution in [0.15, 0.2) is 36.4 Å². The summed E-state index contributed by atoms with van der Waals surface area (Å²) < 4.78 is 10.5. The summed E-state index contributed by atoms with van der Waals surface area (Å²) in [6.07, 6.45) is 1.59. The first-order valence-electron chi connectivity index (χ1n) is 14.2. The number of carbonyl (C=O) groups is 4. The van der Waals surface area contributed by atoms with Gasteiger partial charge in [-0.1, -0.05) is 30.3 Å². The number of benzene rings is 1. The Hall–Kier alpha value is -4.02. The summed E-state index contributed by atoms with van der Waals surface area (Å²) in [5.74, 6) is -0.565. The van der Waals surface area contributed by atoms with Crippen LogP contribution in [0.25, 0.3) is 11.4 Å². The molecule has 1 N–H and O–H groups in total. The van der Waals surface area contributed by atoms with Gasteiger partial charge in [0.05, 0.1) is 6.61 Å². The zero-order valence-corrected chi connectivity index (χ0v) is 24.2. The summed E-state index contributed by atoms with van der Waals surface area (Å²) in [6.45, 7) is 8.53. The number of nitrogens with zero attached hydrogens (tertiary/aromatic N) is 4. The second-order valence-electron chi connectivity index (χ2n) is 11.3. The zero-order chi connectivity index (χ0) is 29.6. The monoisotopic (exact) mass is 565 g/mol. The molecule has 41 heavy (non-hydrogen) atoms. The molecule has 1 aliphatic heterocycles. The molecule has 1 saturated heterocycles. The number of amides is 3. The number of nitrogens with one attached hydrogen (secondary N) is 1. The number of esters is 1. The van der Waals surface area contributed by atoms with E-state index in [1.54, 1.807) is 43.6 Å². The Morgan fingerprint density at radius 3 is 2.27 bits per heavy atom. The summed E-state index contributed by atoms with van der Waals surface area (Å²) >= 11 is 0. The van der Waals surface area contributed by atoms with Crippen molar-refractivity contribution in [2.24, 2.45) is 0 Å². The van der Waals surface area contributed by atoms with Gasteiger partial charge in [-0.05, 0) is 53.0 Å². The molecule has 2 aliphatic rings. The van der Waals surface area contributed by atoms with Crippen LogP contribution in [0.2, 0.25) is 0 Å². The number of hydrogen-bond donors (Lipinski definition) is 1. The third-order valence-electron chi connectivity index (χ3n) is 6.78. The molecule has 1 atom stereocenters. The molecule has 2 fully saturated rings. The smallest absolute Gasteiger partial charge is 0.409 e. The van der Waals surface area contributed by atoms with Crippen molar-refractivity contribution in [2.75, 3.05) is 32.8 Å². The predicted molar refractivity (Wildman–Crippen MR) is 151 cm³/mol. The lowest BCUT2D eigenvalue weighted by atomic mass is 10.1. The third-order valence-corrected chi connectivity index (χ3v) is 6.78. The number of aromatic nitrogens is 2. The SMILES string of the molecule is CCOC(=O)N1CCN(C(=O)[C@H](CCC(=O)OC(C)(C)C)NC(=O)c2cc(C3CC3)nc(-c3ccccc3)n2)CC1. The summed E-state index contributed by atoms with van der Waals surface area (Å²) in [4.78, 5) is 64.1. The molecule has 1 aromatic carbocycles. The lowest BCUT2D eigenvalue weighted by molar-refractivity contribution is -0.155. The standard InChI is InChI=1S/C30H39N5O6/c1-5-40-29(39)35-17-15-34(16-18-35)28(38)22(13-14-25(36)41-30(2,3)4)33-27(37)24-19-23(20-11-12-20)31-26(32-24)21-9-7-6-8-10-21/h6-10,19-20,22H,5,11-18H2,1-4H3,(H,33,37)/t22-/m0/s1. The van der Waals surface area contributed by atoms with Crippen molar-refractivity contribution in [1.29, 1.82) is 0 Å². The predicted octanol–water partition coefficient (Wildman–Crippen LogP) is 3.54. The van der Waals surface area contributed by atoms with Gasteiger partial charge in [-0.25, -0.2) is 14.8 Å². The highest BCUT2D eigenvalue weighted by Crippen LogP contribution is 2.39. The van der Waals surface area contributed by atoms with E-state index in [1.807, 2.05) is 30.3 Å². The van der Waals surface area contributed by atoms with Gasteiger partial charge in [-0.2, -0.15) is 0 Å². The van der Waals surface area contributed by atoms with Gasteiger partial charge in [0.15, 0.2) is 5.82 Å². The van der Waals surface area contributed by atoms with Crippen LogP contribution in [-0.2, 0) is 19.1 Å². The van der Waals surface area contributed by atoms with Gasteiger partial charge in [0.2, 0.25) is 5.91 Å². The number of rotatable bonds is 9. The molecule has 2 aromatic rings. The van der Waals surface area contributed by atoms with Gasteiger partial charge >= 0.3 is 12.1 Å². The molecule has 0 unspecified atom stereocenters. The zero-order valence-electron chi connectivity index (χ0n) is 24.2. The highest BCUT2D eigenvalue weighted by Gasteiger charge is 2.33. The van der Waals surface area contributed by atoms with Crippen LogP contribution in [0.1, 0.15) is 75.5 Å². The lowest BCUT2D eigenvalue weighted by Gasteiger charge is -2.36. The van der Waals surface area contributed by atoms with Gasteiger partial charge in [-0.3, -0.25) is 14.4 Å². The van der Waals surface area contributed by atoms with Crippen molar-refractivity contribution in [3.05, 3.63) is 47.8 Å². The minimum Gasteiger partial charge on any atom is -0.460 e. The Balaban J connectivity index is 1.52. The Morgan fingerprint density at radius 2 is 1.66 bits per heavy atom. The average molecular weight is 566 g/mol. The third kappa shape index (κ3) is 8.48. The van der Waals surface area contributed by atoms with E-state index in [0.717, 1.165) is 24.1 Å². The second kappa shape index (κ2) is 13.1. The van der Waals surface area contributed by atoms with Crippen molar-refractivity contribution >= 4 is 23.9 Å². The molecule has 1 saturated carbocycles. The van der Waals surface area contributed by atoms with Crippen LogP contribution in [0.3, 0.4) is 0 Å². The highest BCUT2D eigenvalue weighted by molar-refractivity contribution is 5.96. The fourth-order valence-electron chi connectivity index (χ4n) is 4.58. The van der Waals surface area contributed by atoms with Crippen molar-refractivity contribution in [3.63, 3.8) is 0 Å². The molecule has 11 heteroatoms. The van der Waals surface area contributed by atoms with Gasteiger partial charge in [0.25, 0.3) is 5.91 Å². The molecular weight excluding hydrogens is 526 g/mol. The Bertz CT molecular complexity index is 1250.